The Morgan fingerprint density at radius 2 is 1.95 bits per heavy atom. The van der Waals surface area contributed by atoms with Crippen LogP contribution in [0.15, 0.2) is 30.3 Å². The summed E-state index contributed by atoms with van der Waals surface area (Å²) in [6.45, 7) is 4.17. The van der Waals surface area contributed by atoms with Crippen LogP contribution >= 0.6 is 0 Å². The SMILES string of the molecule is CC(C)OCC(O)CN(Cc1ccccc1)C(=O)O. The molecule has 0 aliphatic heterocycles. The van der Waals surface area contributed by atoms with E-state index in [0.29, 0.717) is 0 Å². The van der Waals surface area contributed by atoms with E-state index in [2.05, 4.69) is 0 Å². The monoisotopic (exact) mass is 267 g/mol. The van der Waals surface area contributed by atoms with Crippen LogP contribution in [0.3, 0.4) is 0 Å². The van der Waals surface area contributed by atoms with Crippen LogP contribution in [0.2, 0.25) is 0 Å². The van der Waals surface area contributed by atoms with Gasteiger partial charge in [0.2, 0.25) is 0 Å². The lowest BCUT2D eigenvalue weighted by Crippen LogP contribution is -2.38. The Labute approximate surface area is 113 Å². The number of amides is 1. The van der Waals surface area contributed by atoms with Crippen molar-refractivity contribution in [3.05, 3.63) is 35.9 Å². The van der Waals surface area contributed by atoms with Crippen LogP contribution in [0.5, 0.6) is 0 Å². The quantitative estimate of drug-likeness (QED) is 0.792. The third kappa shape index (κ3) is 6.22. The Morgan fingerprint density at radius 1 is 1.32 bits per heavy atom. The van der Waals surface area contributed by atoms with Crippen LogP contribution < -0.4 is 0 Å². The van der Waals surface area contributed by atoms with Crippen LogP contribution in [-0.4, -0.2) is 46.6 Å². The molecule has 0 aliphatic rings. The van der Waals surface area contributed by atoms with E-state index in [1.807, 2.05) is 44.2 Å². The van der Waals surface area contributed by atoms with E-state index in [1.165, 1.54) is 4.90 Å². The molecule has 106 valence electrons. The van der Waals surface area contributed by atoms with E-state index < -0.39 is 12.2 Å². The number of nitrogens with zero attached hydrogens (tertiary/aromatic N) is 1. The van der Waals surface area contributed by atoms with Gasteiger partial charge in [-0.1, -0.05) is 30.3 Å². The molecule has 0 radical (unpaired) electrons. The van der Waals surface area contributed by atoms with Crippen molar-refractivity contribution in [1.82, 2.24) is 4.90 Å². The average Bonchev–Trinajstić information content (AvgIpc) is 2.36. The highest BCUT2D eigenvalue weighted by atomic mass is 16.5. The molecule has 5 heteroatoms. The van der Waals surface area contributed by atoms with E-state index in [0.717, 1.165) is 5.56 Å². The maximum atomic E-state index is 11.2. The summed E-state index contributed by atoms with van der Waals surface area (Å²) in [7, 11) is 0. The van der Waals surface area contributed by atoms with Gasteiger partial charge in [0, 0.05) is 6.54 Å². The maximum absolute atomic E-state index is 11.2. The second-order valence-electron chi connectivity index (χ2n) is 4.68. The first-order chi connectivity index (χ1) is 8.99. The Balaban J connectivity index is 2.51. The van der Waals surface area contributed by atoms with Gasteiger partial charge in [0.05, 0.1) is 25.4 Å². The van der Waals surface area contributed by atoms with Gasteiger partial charge in [0.1, 0.15) is 0 Å². The zero-order valence-electron chi connectivity index (χ0n) is 11.3. The molecule has 0 saturated carbocycles. The summed E-state index contributed by atoms with van der Waals surface area (Å²) in [5, 5.41) is 18.9. The lowest BCUT2D eigenvalue weighted by Gasteiger charge is -2.23. The first kappa shape index (κ1) is 15.5. The number of ether oxygens (including phenoxy) is 1. The molecule has 0 saturated heterocycles. The van der Waals surface area contributed by atoms with Crippen LogP contribution in [0, 0.1) is 0 Å². The van der Waals surface area contributed by atoms with Crippen molar-refractivity contribution in [2.45, 2.75) is 32.6 Å². The summed E-state index contributed by atoms with van der Waals surface area (Å²) in [6.07, 6.45) is -1.85. The van der Waals surface area contributed by atoms with Crippen LogP contribution in [-0.2, 0) is 11.3 Å². The molecule has 1 atom stereocenters. The number of hydrogen-bond donors (Lipinski definition) is 2. The lowest BCUT2D eigenvalue weighted by molar-refractivity contribution is -0.00747. The predicted molar refractivity (Wildman–Crippen MR) is 72.0 cm³/mol. The molecule has 0 aromatic heterocycles. The van der Waals surface area contributed by atoms with Gasteiger partial charge >= 0.3 is 6.09 Å². The number of hydrogen-bond acceptors (Lipinski definition) is 3. The van der Waals surface area contributed by atoms with Crippen LogP contribution in [0.4, 0.5) is 4.79 Å². The van der Waals surface area contributed by atoms with Gasteiger partial charge in [-0.15, -0.1) is 0 Å². The van der Waals surface area contributed by atoms with Gasteiger partial charge in [0.25, 0.3) is 0 Å². The molecular formula is C14H21NO4. The molecule has 1 rings (SSSR count). The summed E-state index contributed by atoms with van der Waals surface area (Å²) in [5.41, 5.74) is 0.891. The predicted octanol–water partition coefficient (Wildman–Crippen LogP) is 1.95. The van der Waals surface area contributed by atoms with Gasteiger partial charge in [-0.3, -0.25) is 0 Å². The van der Waals surface area contributed by atoms with E-state index in [9.17, 15) is 9.90 Å². The molecule has 2 N–H and O–H groups in total. The Morgan fingerprint density at radius 3 is 2.47 bits per heavy atom. The smallest absolute Gasteiger partial charge is 0.407 e. The second kappa shape index (κ2) is 7.76. The molecule has 0 fully saturated rings. The fourth-order valence-corrected chi connectivity index (χ4v) is 1.62. The van der Waals surface area contributed by atoms with Gasteiger partial charge in [-0.25, -0.2) is 4.79 Å². The minimum atomic E-state index is -1.05. The summed E-state index contributed by atoms with van der Waals surface area (Å²) in [5.74, 6) is 0. The Bertz CT molecular complexity index is 380. The van der Waals surface area contributed by atoms with Crippen LogP contribution in [0.1, 0.15) is 19.4 Å². The Kier molecular flexibility index (Phi) is 6.32. The first-order valence-corrected chi connectivity index (χ1v) is 6.30. The molecule has 1 aromatic rings. The summed E-state index contributed by atoms with van der Waals surface area (Å²) in [4.78, 5) is 12.3. The first-order valence-electron chi connectivity index (χ1n) is 6.30. The topological polar surface area (TPSA) is 70.0 Å². The zero-order chi connectivity index (χ0) is 14.3. The largest absolute Gasteiger partial charge is 0.465 e. The number of carbonyl (C=O) groups is 1. The van der Waals surface area contributed by atoms with Gasteiger partial charge < -0.3 is 19.8 Å². The van der Waals surface area contributed by atoms with E-state index in [4.69, 9.17) is 9.84 Å². The fraction of sp³-hybridized carbons (Fsp3) is 0.500. The normalized spacial score (nSPS) is 12.4. The molecule has 1 unspecified atom stereocenters. The second-order valence-corrected chi connectivity index (χ2v) is 4.68. The third-order valence-corrected chi connectivity index (χ3v) is 2.54. The van der Waals surface area contributed by atoms with E-state index in [-0.39, 0.29) is 25.8 Å². The van der Waals surface area contributed by atoms with Crippen molar-refractivity contribution in [3.8, 4) is 0 Å². The highest BCUT2D eigenvalue weighted by molar-refractivity contribution is 5.65. The lowest BCUT2D eigenvalue weighted by atomic mass is 10.2. The number of carboxylic acid groups (broad SMARTS) is 1. The van der Waals surface area contributed by atoms with E-state index in [1.54, 1.807) is 0 Å². The van der Waals surface area contributed by atoms with Crippen molar-refractivity contribution in [1.29, 1.82) is 0 Å². The maximum Gasteiger partial charge on any atom is 0.407 e. The van der Waals surface area contributed by atoms with Gasteiger partial charge in [-0.2, -0.15) is 0 Å². The van der Waals surface area contributed by atoms with Crippen molar-refractivity contribution in [3.63, 3.8) is 0 Å². The highest BCUT2D eigenvalue weighted by Crippen LogP contribution is 2.06. The number of aliphatic hydroxyl groups is 1. The summed E-state index contributed by atoms with van der Waals surface area (Å²) in [6, 6.07) is 9.29. The number of aliphatic hydroxyl groups excluding tert-OH is 1. The number of rotatable bonds is 7. The molecule has 0 aliphatic carbocycles. The molecule has 1 amide bonds. The van der Waals surface area contributed by atoms with Crippen molar-refractivity contribution < 1.29 is 19.7 Å². The molecule has 19 heavy (non-hydrogen) atoms. The van der Waals surface area contributed by atoms with Gasteiger partial charge in [0.15, 0.2) is 0 Å². The van der Waals surface area contributed by atoms with Crippen molar-refractivity contribution in [2.75, 3.05) is 13.2 Å². The summed E-state index contributed by atoms with van der Waals surface area (Å²) < 4.78 is 5.26. The minimum absolute atomic E-state index is 0.0158. The summed E-state index contributed by atoms with van der Waals surface area (Å²) >= 11 is 0. The Hall–Kier alpha value is -1.59. The molecule has 0 bridgehead atoms. The molecule has 0 spiro atoms. The molecule has 5 nitrogen and oxygen atoms in total. The van der Waals surface area contributed by atoms with Crippen LogP contribution in [0.25, 0.3) is 0 Å². The standard InChI is InChI=1S/C14H21NO4/c1-11(2)19-10-13(16)9-15(14(17)18)8-12-6-4-3-5-7-12/h3-7,11,13,16H,8-10H2,1-2H3,(H,17,18). The zero-order valence-corrected chi connectivity index (χ0v) is 11.3. The highest BCUT2D eigenvalue weighted by Gasteiger charge is 2.17. The third-order valence-electron chi connectivity index (χ3n) is 2.54. The number of benzene rings is 1. The fourth-order valence-electron chi connectivity index (χ4n) is 1.62. The van der Waals surface area contributed by atoms with Crippen molar-refractivity contribution in [2.24, 2.45) is 0 Å². The minimum Gasteiger partial charge on any atom is -0.465 e. The molecule has 0 heterocycles. The average molecular weight is 267 g/mol. The van der Waals surface area contributed by atoms with E-state index >= 15 is 0 Å². The van der Waals surface area contributed by atoms with Crippen molar-refractivity contribution >= 4 is 6.09 Å². The molecular weight excluding hydrogens is 246 g/mol. The molecule has 1 aromatic carbocycles. The van der Waals surface area contributed by atoms with Gasteiger partial charge in [-0.05, 0) is 19.4 Å².